The molecule has 210 valence electrons. The number of hydrogen-bond donors (Lipinski definition) is 2. The number of halogens is 7. The number of benzene rings is 2. The monoisotopic (exact) mass is 592 g/mol. The third-order valence-corrected chi connectivity index (χ3v) is 7.00. The zero-order valence-electron chi connectivity index (χ0n) is 20.2. The van der Waals surface area contributed by atoms with Crippen LogP contribution in [-0.4, -0.2) is 59.6 Å². The predicted molar refractivity (Wildman–Crippen MR) is 136 cm³/mol. The minimum absolute atomic E-state index is 0.00492. The molecular weight excluding hydrogens is 570 g/mol. The third-order valence-electron chi connectivity index (χ3n) is 5.93. The molecule has 0 radical (unpaired) electrons. The molecule has 0 unspecified atom stereocenters. The van der Waals surface area contributed by atoms with E-state index in [0.29, 0.717) is 56.3 Å². The van der Waals surface area contributed by atoms with Crippen molar-refractivity contribution in [3.63, 3.8) is 0 Å². The molecule has 3 aromatic rings. The van der Waals surface area contributed by atoms with Gasteiger partial charge in [-0.25, -0.2) is 9.78 Å². The van der Waals surface area contributed by atoms with E-state index in [1.807, 2.05) is 24.3 Å². The van der Waals surface area contributed by atoms with Crippen molar-refractivity contribution in [1.29, 1.82) is 0 Å². The fourth-order valence-electron chi connectivity index (χ4n) is 3.92. The van der Waals surface area contributed by atoms with E-state index in [1.165, 1.54) is 11.5 Å². The Kier molecular flexibility index (Phi) is 8.86. The molecule has 2 aromatic carbocycles. The highest BCUT2D eigenvalue weighted by Crippen LogP contribution is 2.37. The highest BCUT2D eigenvalue weighted by Gasteiger charge is 2.37. The minimum atomic E-state index is -5.00. The second kappa shape index (κ2) is 12.0. The van der Waals surface area contributed by atoms with Crippen LogP contribution in [0.5, 0.6) is 0 Å². The standard InChI is InChI=1S/C24H23ClF6N6OS/c25-18-3-1-15(2-4-18)11-20-34-22(39-35-20)37-9-7-36(8-10-37)6-5-32-21(38)33-19-13-16(23(26,27)28)12-17(14-19)24(29,30)31/h1-4,12-14H,5-11H2,(H2,32,33,38). The smallest absolute Gasteiger partial charge is 0.344 e. The Morgan fingerprint density at radius 1 is 0.949 bits per heavy atom. The maximum Gasteiger partial charge on any atom is 0.416 e. The summed E-state index contributed by atoms with van der Waals surface area (Å²) in [7, 11) is 0. The Balaban J connectivity index is 1.22. The normalized spacial score (nSPS) is 14.9. The Morgan fingerprint density at radius 3 is 2.15 bits per heavy atom. The first kappa shape index (κ1) is 28.9. The largest absolute Gasteiger partial charge is 0.416 e. The number of carbonyl (C=O) groups is 1. The maximum atomic E-state index is 13.0. The lowest BCUT2D eigenvalue weighted by atomic mass is 10.1. The van der Waals surface area contributed by atoms with Crippen molar-refractivity contribution < 1.29 is 31.1 Å². The molecular formula is C24H23ClF6N6OS. The van der Waals surface area contributed by atoms with Crippen molar-refractivity contribution in [3.05, 3.63) is 70.0 Å². The van der Waals surface area contributed by atoms with Gasteiger partial charge < -0.3 is 15.5 Å². The summed E-state index contributed by atoms with van der Waals surface area (Å²) >= 11 is 7.24. The first-order chi connectivity index (χ1) is 18.4. The van der Waals surface area contributed by atoms with E-state index in [2.05, 4.69) is 29.8 Å². The molecule has 0 atom stereocenters. The molecule has 15 heteroatoms. The molecule has 1 fully saturated rings. The van der Waals surface area contributed by atoms with E-state index in [4.69, 9.17) is 11.6 Å². The van der Waals surface area contributed by atoms with Crippen LogP contribution in [0.1, 0.15) is 22.5 Å². The van der Waals surface area contributed by atoms with Gasteiger partial charge in [0, 0.05) is 67.9 Å². The predicted octanol–water partition coefficient (Wildman–Crippen LogP) is 5.76. The first-order valence-corrected chi connectivity index (χ1v) is 12.9. The average molecular weight is 593 g/mol. The fourth-order valence-corrected chi connectivity index (χ4v) is 4.79. The summed E-state index contributed by atoms with van der Waals surface area (Å²) in [6.07, 6.45) is -9.40. The summed E-state index contributed by atoms with van der Waals surface area (Å²) in [5.74, 6) is 0.720. The van der Waals surface area contributed by atoms with Crippen LogP contribution < -0.4 is 15.5 Å². The Labute approximate surface area is 228 Å². The van der Waals surface area contributed by atoms with E-state index < -0.39 is 35.2 Å². The number of urea groups is 1. The lowest BCUT2D eigenvalue weighted by molar-refractivity contribution is -0.143. The highest BCUT2D eigenvalue weighted by molar-refractivity contribution is 7.09. The van der Waals surface area contributed by atoms with Crippen molar-refractivity contribution >= 4 is 40.0 Å². The van der Waals surface area contributed by atoms with E-state index in [9.17, 15) is 31.1 Å². The van der Waals surface area contributed by atoms with Crippen LogP contribution in [0.2, 0.25) is 5.02 Å². The molecule has 7 nitrogen and oxygen atoms in total. The molecule has 1 aromatic heterocycles. The second-order valence-electron chi connectivity index (χ2n) is 8.80. The lowest BCUT2D eigenvalue weighted by Gasteiger charge is -2.34. The number of hydrogen-bond acceptors (Lipinski definition) is 6. The van der Waals surface area contributed by atoms with E-state index in [1.54, 1.807) is 0 Å². The summed E-state index contributed by atoms with van der Waals surface area (Å²) in [5.41, 5.74) is -2.55. The van der Waals surface area contributed by atoms with Gasteiger partial charge in [0.1, 0.15) is 5.82 Å². The summed E-state index contributed by atoms with van der Waals surface area (Å²) in [5, 5.41) is 6.01. The van der Waals surface area contributed by atoms with Gasteiger partial charge in [0.25, 0.3) is 0 Å². The number of nitrogens with zero attached hydrogens (tertiary/aromatic N) is 4. The topological polar surface area (TPSA) is 73.4 Å². The molecule has 4 rings (SSSR count). The maximum absolute atomic E-state index is 13.0. The minimum Gasteiger partial charge on any atom is -0.344 e. The molecule has 39 heavy (non-hydrogen) atoms. The molecule has 2 heterocycles. The number of amides is 2. The van der Waals surface area contributed by atoms with Gasteiger partial charge >= 0.3 is 18.4 Å². The molecule has 2 N–H and O–H groups in total. The summed E-state index contributed by atoms with van der Waals surface area (Å²) in [6.45, 7) is 3.34. The molecule has 0 spiro atoms. The van der Waals surface area contributed by atoms with Crippen molar-refractivity contribution in [1.82, 2.24) is 19.6 Å². The van der Waals surface area contributed by atoms with Gasteiger partial charge in [0.05, 0.1) is 11.1 Å². The molecule has 0 saturated carbocycles. The molecule has 2 amide bonds. The van der Waals surface area contributed by atoms with Gasteiger partial charge in [0.15, 0.2) is 0 Å². The molecule has 0 bridgehead atoms. The number of aromatic nitrogens is 2. The zero-order chi connectivity index (χ0) is 28.2. The quantitative estimate of drug-likeness (QED) is 0.341. The number of piperazine rings is 1. The van der Waals surface area contributed by atoms with E-state index in [-0.39, 0.29) is 12.6 Å². The van der Waals surface area contributed by atoms with Crippen LogP contribution in [0.3, 0.4) is 0 Å². The van der Waals surface area contributed by atoms with Gasteiger partial charge in [-0.3, -0.25) is 4.90 Å². The number of alkyl halides is 6. The third kappa shape index (κ3) is 8.19. The Hall–Kier alpha value is -3.10. The van der Waals surface area contributed by atoms with Crippen molar-refractivity contribution in [3.8, 4) is 0 Å². The molecule has 1 aliphatic heterocycles. The molecule has 1 saturated heterocycles. The molecule has 0 aliphatic carbocycles. The van der Waals surface area contributed by atoms with Gasteiger partial charge in [-0.1, -0.05) is 23.7 Å². The fraction of sp³-hybridized carbons (Fsp3) is 0.375. The number of anilines is 2. The Morgan fingerprint density at radius 2 is 1.56 bits per heavy atom. The van der Waals surface area contributed by atoms with Gasteiger partial charge in [-0.05, 0) is 35.9 Å². The van der Waals surface area contributed by atoms with Crippen LogP contribution in [0, 0.1) is 0 Å². The Bertz CT molecular complexity index is 1240. The summed E-state index contributed by atoms with van der Waals surface area (Å²) in [4.78, 5) is 20.9. The van der Waals surface area contributed by atoms with E-state index in [0.717, 1.165) is 16.5 Å². The van der Waals surface area contributed by atoms with Crippen molar-refractivity contribution in [2.45, 2.75) is 18.8 Å². The SMILES string of the molecule is O=C(NCCN1CCN(c2nc(Cc3ccc(Cl)cc3)ns2)CC1)Nc1cc(C(F)(F)F)cc(C(F)(F)F)c1. The number of carbonyl (C=O) groups excluding carboxylic acids is 1. The van der Waals surface area contributed by atoms with Gasteiger partial charge in [-0.15, -0.1) is 0 Å². The lowest BCUT2D eigenvalue weighted by Crippen LogP contribution is -2.48. The van der Waals surface area contributed by atoms with Crippen LogP contribution in [-0.2, 0) is 18.8 Å². The van der Waals surface area contributed by atoms with Crippen LogP contribution >= 0.6 is 23.1 Å². The van der Waals surface area contributed by atoms with Crippen molar-refractivity contribution in [2.75, 3.05) is 49.5 Å². The molecule has 1 aliphatic rings. The number of rotatable bonds is 7. The van der Waals surface area contributed by atoms with Gasteiger partial charge in [0.2, 0.25) is 5.13 Å². The average Bonchev–Trinajstić information content (AvgIpc) is 3.33. The number of nitrogens with one attached hydrogen (secondary N) is 2. The first-order valence-electron chi connectivity index (χ1n) is 11.8. The van der Waals surface area contributed by atoms with Crippen LogP contribution in [0.25, 0.3) is 0 Å². The second-order valence-corrected chi connectivity index (χ2v) is 9.97. The summed E-state index contributed by atoms with van der Waals surface area (Å²) < 4.78 is 82.5. The van der Waals surface area contributed by atoms with Crippen molar-refractivity contribution in [2.24, 2.45) is 0 Å². The van der Waals surface area contributed by atoms with Crippen LogP contribution in [0.4, 0.5) is 42.0 Å². The summed E-state index contributed by atoms with van der Waals surface area (Å²) in [6, 6.07) is 7.51. The van der Waals surface area contributed by atoms with Gasteiger partial charge in [-0.2, -0.15) is 30.7 Å². The zero-order valence-corrected chi connectivity index (χ0v) is 21.8. The van der Waals surface area contributed by atoms with E-state index >= 15 is 0 Å². The van der Waals surface area contributed by atoms with Crippen LogP contribution in [0.15, 0.2) is 42.5 Å². The highest BCUT2D eigenvalue weighted by atomic mass is 35.5.